The summed E-state index contributed by atoms with van der Waals surface area (Å²) in [7, 11) is 0. The van der Waals surface area contributed by atoms with Gasteiger partial charge in [-0.3, -0.25) is 0 Å². The molecule has 1 aromatic heterocycles. The lowest BCUT2D eigenvalue weighted by molar-refractivity contribution is 0.0897. The van der Waals surface area contributed by atoms with Gasteiger partial charge < -0.3 is 19.4 Å². The van der Waals surface area contributed by atoms with Gasteiger partial charge in [0.1, 0.15) is 5.76 Å². The molecule has 1 fully saturated rings. The largest absolute Gasteiger partial charge is 0.444 e. The van der Waals surface area contributed by atoms with Crippen LogP contribution < -0.4 is 5.32 Å². The fraction of sp³-hybridized carbons (Fsp3) is 0.474. The minimum absolute atomic E-state index is 0.0703. The first-order chi connectivity index (χ1) is 12.1. The molecule has 1 saturated heterocycles. The van der Waals surface area contributed by atoms with Crippen molar-refractivity contribution < 1.29 is 13.9 Å². The summed E-state index contributed by atoms with van der Waals surface area (Å²) < 4.78 is 11.3. The lowest BCUT2D eigenvalue weighted by Gasteiger charge is -2.17. The van der Waals surface area contributed by atoms with Crippen molar-refractivity contribution in [2.45, 2.75) is 33.4 Å². The van der Waals surface area contributed by atoms with Crippen LogP contribution in [0.4, 0.5) is 4.79 Å². The monoisotopic (exact) mass is 343 g/mol. The van der Waals surface area contributed by atoms with E-state index in [1.54, 1.807) is 0 Å². The van der Waals surface area contributed by atoms with Gasteiger partial charge in [-0.1, -0.05) is 30.3 Å². The Morgan fingerprint density at radius 1 is 1.36 bits per heavy atom. The highest BCUT2D eigenvalue weighted by Crippen LogP contribution is 2.17. The second-order valence-electron chi connectivity index (χ2n) is 6.51. The Hall–Kier alpha value is -2.34. The number of carbonyl (C=O) groups excluding carboxylic acids is 1. The van der Waals surface area contributed by atoms with Crippen LogP contribution in [0.25, 0.3) is 0 Å². The van der Waals surface area contributed by atoms with E-state index in [1.165, 1.54) is 5.56 Å². The lowest BCUT2D eigenvalue weighted by atomic mass is 10.1. The normalized spacial score (nSPS) is 17.0. The van der Waals surface area contributed by atoms with E-state index >= 15 is 0 Å². The molecule has 0 bridgehead atoms. The van der Waals surface area contributed by atoms with Crippen molar-refractivity contribution >= 4 is 6.03 Å². The van der Waals surface area contributed by atoms with Crippen molar-refractivity contribution in [2.75, 3.05) is 19.7 Å². The first-order valence-corrected chi connectivity index (χ1v) is 8.69. The van der Waals surface area contributed by atoms with Crippen molar-refractivity contribution in [2.24, 2.45) is 5.92 Å². The maximum atomic E-state index is 12.3. The summed E-state index contributed by atoms with van der Waals surface area (Å²) in [5.41, 5.74) is 2.03. The highest BCUT2D eigenvalue weighted by Gasteiger charge is 2.26. The van der Waals surface area contributed by atoms with Crippen LogP contribution in [-0.2, 0) is 17.9 Å². The van der Waals surface area contributed by atoms with E-state index in [2.05, 4.69) is 22.4 Å². The van der Waals surface area contributed by atoms with Crippen molar-refractivity contribution in [1.29, 1.82) is 0 Å². The zero-order valence-corrected chi connectivity index (χ0v) is 14.8. The van der Waals surface area contributed by atoms with Gasteiger partial charge in [-0.25, -0.2) is 9.78 Å². The van der Waals surface area contributed by atoms with Crippen molar-refractivity contribution in [3.8, 4) is 0 Å². The SMILES string of the molecule is Cc1nc(CNC(=O)N2CC[C@@H](COCc3ccccc3)C2)oc1C. The van der Waals surface area contributed by atoms with Gasteiger partial charge in [-0.2, -0.15) is 0 Å². The molecule has 1 N–H and O–H groups in total. The van der Waals surface area contributed by atoms with E-state index in [-0.39, 0.29) is 6.03 Å². The van der Waals surface area contributed by atoms with Crippen molar-refractivity contribution in [3.63, 3.8) is 0 Å². The van der Waals surface area contributed by atoms with Gasteiger partial charge in [0.2, 0.25) is 5.89 Å². The molecule has 1 aromatic carbocycles. The van der Waals surface area contributed by atoms with Crippen LogP contribution in [0.2, 0.25) is 0 Å². The van der Waals surface area contributed by atoms with Crippen LogP contribution in [0.15, 0.2) is 34.7 Å². The summed E-state index contributed by atoms with van der Waals surface area (Å²) in [5, 5.41) is 2.87. The zero-order valence-electron chi connectivity index (χ0n) is 14.8. The molecule has 1 aliphatic rings. The Morgan fingerprint density at radius 2 is 2.16 bits per heavy atom. The average Bonchev–Trinajstić information content (AvgIpc) is 3.21. The van der Waals surface area contributed by atoms with Gasteiger partial charge in [-0.15, -0.1) is 0 Å². The third-order valence-corrected chi connectivity index (χ3v) is 4.50. The molecule has 0 aliphatic carbocycles. The molecule has 25 heavy (non-hydrogen) atoms. The van der Waals surface area contributed by atoms with Crippen LogP contribution in [0.5, 0.6) is 0 Å². The third kappa shape index (κ3) is 4.82. The lowest BCUT2D eigenvalue weighted by Crippen LogP contribution is -2.38. The number of ether oxygens (including phenoxy) is 1. The number of nitrogens with one attached hydrogen (secondary N) is 1. The summed E-state index contributed by atoms with van der Waals surface area (Å²) in [4.78, 5) is 18.4. The summed E-state index contributed by atoms with van der Waals surface area (Å²) in [6.07, 6.45) is 0.972. The molecule has 1 atom stereocenters. The highest BCUT2D eigenvalue weighted by molar-refractivity contribution is 5.74. The minimum atomic E-state index is -0.0703. The summed E-state index contributed by atoms with van der Waals surface area (Å²) >= 11 is 0. The van der Waals surface area contributed by atoms with E-state index in [4.69, 9.17) is 9.15 Å². The first-order valence-electron chi connectivity index (χ1n) is 8.69. The molecule has 1 aliphatic heterocycles. The van der Waals surface area contributed by atoms with Gasteiger partial charge in [0, 0.05) is 19.0 Å². The number of aromatic nitrogens is 1. The van der Waals surface area contributed by atoms with Gasteiger partial charge in [0.05, 0.1) is 25.5 Å². The Labute approximate surface area is 148 Å². The molecular formula is C19H25N3O3. The Morgan fingerprint density at radius 3 is 2.88 bits per heavy atom. The summed E-state index contributed by atoms with van der Waals surface area (Å²) in [6, 6.07) is 10.1. The van der Waals surface area contributed by atoms with E-state index in [1.807, 2.05) is 36.9 Å². The first kappa shape index (κ1) is 17.5. The fourth-order valence-corrected chi connectivity index (χ4v) is 2.95. The molecule has 0 radical (unpaired) electrons. The number of benzene rings is 1. The number of hydrogen-bond donors (Lipinski definition) is 1. The van der Waals surface area contributed by atoms with Crippen molar-refractivity contribution in [1.82, 2.24) is 15.2 Å². The Balaban J connectivity index is 1.37. The second kappa shape index (κ2) is 8.16. The van der Waals surface area contributed by atoms with Crippen LogP contribution >= 0.6 is 0 Å². The van der Waals surface area contributed by atoms with Gasteiger partial charge >= 0.3 is 6.03 Å². The fourth-order valence-electron chi connectivity index (χ4n) is 2.95. The average molecular weight is 343 g/mol. The number of amides is 2. The minimum Gasteiger partial charge on any atom is -0.444 e. The van der Waals surface area contributed by atoms with Crippen LogP contribution in [0, 0.1) is 19.8 Å². The molecule has 0 saturated carbocycles. The molecule has 134 valence electrons. The number of likely N-dealkylation sites (tertiary alicyclic amines) is 1. The molecular weight excluding hydrogens is 318 g/mol. The Bertz CT molecular complexity index is 680. The number of hydrogen-bond acceptors (Lipinski definition) is 4. The number of rotatable bonds is 6. The molecule has 2 heterocycles. The molecule has 2 aromatic rings. The maximum Gasteiger partial charge on any atom is 0.317 e. The van der Waals surface area contributed by atoms with E-state index < -0.39 is 0 Å². The zero-order chi connectivity index (χ0) is 17.6. The number of oxazole rings is 1. The topological polar surface area (TPSA) is 67.6 Å². The smallest absolute Gasteiger partial charge is 0.317 e. The van der Waals surface area contributed by atoms with Gasteiger partial charge in [0.25, 0.3) is 0 Å². The second-order valence-corrected chi connectivity index (χ2v) is 6.51. The third-order valence-electron chi connectivity index (χ3n) is 4.50. The summed E-state index contributed by atoms with van der Waals surface area (Å²) in [5.74, 6) is 1.73. The molecule has 6 nitrogen and oxygen atoms in total. The molecule has 6 heteroatoms. The standard InChI is InChI=1S/C19H25N3O3/c1-14-15(2)25-18(21-14)10-20-19(23)22-9-8-17(11-22)13-24-12-16-6-4-3-5-7-16/h3-7,17H,8-13H2,1-2H3,(H,20,23)/t17-/m1/s1. The molecule has 0 unspecified atom stereocenters. The van der Waals surface area contributed by atoms with Crippen LogP contribution in [0.1, 0.15) is 29.3 Å². The maximum absolute atomic E-state index is 12.3. The predicted molar refractivity (Wildman–Crippen MR) is 94.0 cm³/mol. The quantitative estimate of drug-likeness (QED) is 0.875. The Kier molecular flexibility index (Phi) is 5.71. The van der Waals surface area contributed by atoms with E-state index in [0.717, 1.165) is 31.0 Å². The summed E-state index contributed by atoms with van der Waals surface area (Å²) in [6.45, 7) is 6.86. The number of nitrogens with zero attached hydrogens (tertiary/aromatic N) is 2. The number of urea groups is 1. The highest BCUT2D eigenvalue weighted by atomic mass is 16.5. The van der Waals surface area contributed by atoms with Crippen LogP contribution in [0.3, 0.4) is 0 Å². The predicted octanol–water partition coefficient (Wildman–Crippen LogP) is 3.04. The van der Waals surface area contributed by atoms with Crippen molar-refractivity contribution in [3.05, 3.63) is 53.2 Å². The van der Waals surface area contributed by atoms with Gasteiger partial charge in [-0.05, 0) is 25.8 Å². The number of aryl methyl sites for hydroxylation is 2. The van der Waals surface area contributed by atoms with E-state index in [9.17, 15) is 4.79 Å². The molecule has 3 rings (SSSR count). The molecule has 2 amide bonds. The number of carbonyl (C=O) groups is 1. The van der Waals surface area contributed by atoms with Crippen LogP contribution in [-0.4, -0.2) is 35.6 Å². The van der Waals surface area contributed by atoms with Gasteiger partial charge in [0.15, 0.2) is 0 Å². The van der Waals surface area contributed by atoms with E-state index in [0.29, 0.717) is 31.6 Å². The molecule has 0 spiro atoms.